The predicted octanol–water partition coefficient (Wildman–Crippen LogP) is 4.80. The van der Waals surface area contributed by atoms with Crippen molar-refractivity contribution in [1.29, 1.82) is 0 Å². The molecule has 0 aromatic heterocycles. The van der Waals surface area contributed by atoms with Gasteiger partial charge in [-0.15, -0.1) is 0 Å². The quantitative estimate of drug-likeness (QED) is 0.547. The second-order valence-electron chi connectivity index (χ2n) is 7.67. The molecule has 0 radical (unpaired) electrons. The first-order chi connectivity index (χ1) is 14.3. The van der Waals surface area contributed by atoms with Crippen molar-refractivity contribution in [2.24, 2.45) is 0 Å². The Kier molecular flexibility index (Phi) is 6.50. The monoisotopic (exact) mass is 384 g/mol. The number of hydrogen-bond acceptors (Lipinski definition) is 3. The highest BCUT2D eigenvalue weighted by molar-refractivity contribution is 5.68. The smallest absolute Gasteiger partial charge is 0.121 e. The van der Waals surface area contributed by atoms with Gasteiger partial charge >= 0.3 is 0 Å². The first-order valence-electron chi connectivity index (χ1n) is 10.4. The topological polar surface area (TPSA) is 23.6 Å². The molecule has 148 valence electrons. The third kappa shape index (κ3) is 4.81. The summed E-state index contributed by atoms with van der Waals surface area (Å²) in [7, 11) is 0. The van der Waals surface area contributed by atoms with Crippen molar-refractivity contribution in [2.75, 3.05) is 26.2 Å². The van der Waals surface area contributed by atoms with Crippen molar-refractivity contribution in [3.8, 4) is 11.1 Å². The molecule has 1 fully saturated rings. The van der Waals surface area contributed by atoms with E-state index in [1.807, 2.05) is 6.07 Å². The molecule has 1 aliphatic heterocycles. The van der Waals surface area contributed by atoms with E-state index in [9.17, 15) is 4.79 Å². The van der Waals surface area contributed by atoms with Crippen LogP contribution >= 0.6 is 0 Å². The Morgan fingerprint density at radius 3 is 2.07 bits per heavy atom. The summed E-state index contributed by atoms with van der Waals surface area (Å²) in [6.07, 6.45) is 1.60. The van der Waals surface area contributed by atoms with Crippen molar-refractivity contribution in [3.05, 3.63) is 96.1 Å². The highest BCUT2D eigenvalue weighted by atomic mass is 16.1. The molecule has 3 heteroatoms. The molecule has 1 saturated heterocycles. The summed E-state index contributed by atoms with van der Waals surface area (Å²) in [4.78, 5) is 16.5. The van der Waals surface area contributed by atoms with Crippen molar-refractivity contribution in [2.45, 2.75) is 19.0 Å². The molecule has 1 heterocycles. The Morgan fingerprint density at radius 1 is 0.759 bits per heavy atom. The molecular formula is C26H28N2O. The Balaban J connectivity index is 1.50. The highest BCUT2D eigenvalue weighted by Crippen LogP contribution is 2.33. The maximum absolute atomic E-state index is 11.5. The molecule has 3 aromatic rings. The fourth-order valence-corrected chi connectivity index (χ4v) is 4.31. The summed E-state index contributed by atoms with van der Waals surface area (Å²) in [6.45, 7) is 5.01. The molecule has 29 heavy (non-hydrogen) atoms. The minimum absolute atomic E-state index is 0.128. The van der Waals surface area contributed by atoms with Crippen molar-refractivity contribution in [1.82, 2.24) is 9.80 Å². The number of hydrogen-bond donors (Lipinski definition) is 0. The number of nitrogens with zero attached hydrogens (tertiary/aromatic N) is 2. The van der Waals surface area contributed by atoms with Crippen LogP contribution in [0.25, 0.3) is 11.1 Å². The first kappa shape index (κ1) is 19.6. The second-order valence-corrected chi connectivity index (χ2v) is 7.67. The lowest BCUT2D eigenvalue weighted by molar-refractivity contribution is -0.109. The maximum atomic E-state index is 11.5. The van der Waals surface area contributed by atoms with Gasteiger partial charge in [0, 0.05) is 45.2 Å². The summed E-state index contributed by atoms with van der Waals surface area (Å²) in [6, 6.07) is 29.8. The van der Waals surface area contributed by atoms with Crippen LogP contribution in [0.15, 0.2) is 84.9 Å². The van der Waals surface area contributed by atoms with Gasteiger partial charge in [-0.3, -0.25) is 9.80 Å². The molecule has 1 aliphatic rings. The molecule has 0 spiro atoms. The summed E-state index contributed by atoms with van der Waals surface area (Å²) in [5.74, 6) is 0. The average molecular weight is 385 g/mol. The van der Waals surface area contributed by atoms with E-state index in [1.54, 1.807) is 0 Å². The number of rotatable bonds is 7. The number of benzene rings is 3. The van der Waals surface area contributed by atoms with E-state index >= 15 is 0 Å². The van der Waals surface area contributed by atoms with Gasteiger partial charge in [0.25, 0.3) is 0 Å². The Hall–Kier alpha value is -2.75. The van der Waals surface area contributed by atoms with Gasteiger partial charge in [0.05, 0.1) is 0 Å². The fourth-order valence-electron chi connectivity index (χ4n) is 4.31. The number of carbonyl (C=O) groups excluding carboxylic acids is 1. The summed E-state index contributed by atoms with van der Waals surface area (Å²) in [5.41, 5.74) is 5.05. The zero-order chi connectivity index (χ0) is 19.9. The number of piperazine rings is 1. The van der Waals surface area contributed by atoms with E-state index < -0.39 is 0 Å². The van der Waals surface area contributed by atoms with Crippen LogP contribution in [0.5, 0.6) is 0 Å². The average Bonchev–Trinajstić information content (AvgIpc) is 2.79. The van der Waals surface area contributed by atoms with Gasteiger partial charge in [-0.2, -0.15) is 0 Å². The molecule has 1 atom stereocenters. The number of carbonyl (C=O) groups is 1. The van der Waals surface area contributed by atoms with Crippen LogP contribution in [0.2, 0.25) is 0 Å². The molecule has 4 rings (SSSR count). The Labute approximate surface area is 173 Å². The minimum Gasteiger partial charge on any atom is -0.303 e. The van der Waals surface area contributed by atoms with Crippen LogP contribution in [0.4, 0.5) is 0 Å². The number of aldehydes is 1. The molecule has 0 aliphatic carbocycles. The lowest BCUT2D eigenvalue weighted by Crippen LogP contribution is -2.47. The first-order valence-corrected chi connectivity index (χ1v) is 10.4. The molecule has 0 N–H and O–H groups in total. The van der Waals surface area contributed by atoms with Crippen LogP contribution < -0.4 is 0 Å². The van der Waals surface area contributed by atoms with E-state index in [0.717, 1.165) is 39.0 Å². The van der Waals surface area contributed by atoms with Gasteiger partial charge in [-0.05, 0) is 22.3 Å². The van der Waals surface area contributed by atoms with Gasteiger partial charge in [0.15, 0.2) is 0 Å². The van der Waals surface area contributed by atoms with E-state index in [2.05, 4.69) is 88.7 Å². The van der Waals surface area contributed by atoms with Gasteiger partial charge in [0.2, 0.25) is 0 Å². The van der Waals surface area contributed by atoms with Crippen LogP contribution in [-0.2, 0) is 11.3 Å². The van der Waals surface area contributed by atoms with Crippen LogP contribution in [0.3, 0.4) is 0 Å². The normalized spacial score (nSPS) is 16.4. The Bertz CT molecular complexity index is 902. The van der Waals surface area contributed by atoms with E-state index in [4.69, 9.17) is 0 Å². The lowest BCUT2D eigenvalue weighted by Gasteiger charge is -2.39. The van der Waals surface area contributed by atoms with Gasteiger partial charge < -0.3 is 4.79 Å². The van der Waals surface area contributed by atoms with Gasteiger partial charge in [-0.1, -0.05) is 84.9 Å². The molecule has 0 saturated carbocycles. The van der Waals surface area contributed by atoms with Crippen molar-refractivity contribution in [3.63, 3.8) is 0 Å². The second kappa shape index (κ2) is 9.64. The maximum Gasteiger partial charge on any atom is 0.121 e. The molecule has 0 bridgehead atoms. The van der Waals surface area contributed by atoms with E-state index in [-0.39, 0.29) is 6.04 Å². The minimum atomic E-state index is 0.128. The molecule has 0 amide bonds. The summed E-state index contributed by atoms with van der Waals surface area (Å²) >= 11 is 0. The summed E-state index contributed by atoms with van der Waals surface area (Å²) in [5, 5.41) is 0. The van der Waals surface area contributed by atoms with Crippen molar-refractivity contribution < 1.29 is 4.79 Å². The van der Waals surface area contributed by atoms with Gasteiger partial charge in [-0.25, -0.2) is 0 Å². The molecule has 3 nitrogen and oxygen atoms in total. The zero-order valence-electron chi connectivity index (χ0n) is 16.8. The zero-order valence-corrected chi connectivity index (χ0v) is 16.8. The van der Waals surface area contributed by atoms with Crippen LogP contribution in [0.1, 0.15) is 23.6 Å². The van der Waals surface area contributed by atoms with E-state index in [0.29, 0.717) is 6.42 Å². The predicted molar refractivity (Wildman–Crippen MR) is 119 cm³/mol. The van der Waals surface area contributed by atoms with Crippen LogP contribution in [-0.4, -0.2) is 42.3 Å². The summed E-state index contributed by atoms with van der Waals surface area (Å²) < 4.78 is 0. The molecular weight excluding hydrogens is 356 g/mol. The van der Waals surface area contributed by atoms with Crippen molar-refractivity contribution >= 4 is 6.29 Å². The highest BCUT2D eigenvalue weighted by Gasteiger charge is 2.26. The largest absolute Gasteiger partial charge is 0.303 e. The SMILES string of the molecule is O=CCC(c1ccccc1-c1ccccc1)N1CCN(Cc2ccccc2)CC1. The fraction of sp³-hybridized carbons (Fsp3) is 0.269. The van der Waals surface area contributed by atoms with E-state index in [1.165, 1.54) is 22.3 Å². The molecule has 1 unspecified atom stereocenters. The molecule has 3 aromatic carbocycles. The third-order valence-electron chi connectivity index (χ3n) is 5.82. The third-order valence-corrected chi connectivity index (χ3v) is 5.82. The van der Waals surface area contributed by atoms with Gasteiger partial charge in [0.1, 0.15) is 6.29 Å². The Morgan fingerprint density at radius 2 is 1.38 bits per heavy atom. The van der Waals surface area contributed by atoms with Crippen LogP contribution in [0, 0.1) is 0 Å². The lowest BCUT2D eigenvalue weighted by atomic mass is 9.92. The standard InChI is InChI=1S/C26H28N2O/c29-20-15-26(25-14-8-7-13-24(25)23-11-5-2-6-12-23)28-18-16-27(17-19-28)21-22-9-3-1-4-10-22/h1-14,20,26H,15-19,21H2.